The molecule has 2 rings (SSSR count). The molecule has 0 bridgehead atoms. The number of esters is 1. The highest BCUT2D eigenvalue weighted by Gasteiger charge is 2.16. The van der Waals surface area contributed by atoms with Crippen molar-refractivity contribution >= 4 is 12.3 Å². The Morgan fingerprint density at radius 1 is 1.11 bits per heavy atom. The van der Waals surface area contributed by atoms with Crippen LogP contribution in [0.2, 0.25) is 0 Å². The van der Waals surface area contributed by atoms with Gasteiger partial charge in [-0.15, -0.1) is 0 Å². The van der Waals surface area contributed by atoms with Crippen molar-refractivity contribution in [2.45, 2.75) is 51.2 Å². The first-order chi connectivity index (χ1) is 17.3. The van der Waals surface area contributed by atoms with Crippen LogP contribution in [0.1, 0.15) is 39.0 Å². The fourth-order valence-corrected chi connectivity index (χ4v) is 3.18. The maximum atomic E-state index is 11.5. The summed E-state index contributed by atoms with van der Waals surface area (Å²) in [6, 6.07) is -0.167. The lowest BCUT2D eigenvalue weighted by Gasteiger charge is -2.22. The molecule has 0 aliphatic heterocycles. The first kappa shape index (κ1) is 31.1. The zero-order valence-electron chi connectivity index (χ0n) is 21.6. The Kier molecular flexibility index (Phi) is 16.6. The molecule has 0 aromatic heterocycles. The Morgan fingerprint density at radius 3 is 2.44 bits per heavy atom. The van der Waals surface area contributed by atoms with Gasteiger partial charge < -0.3 is 30.4 Å². The molecule has 8 nitrogen and oxygen atoms in total. The Morgan fingerprint density at radius 2 is 1.83 bits per heavy atom. The number of aldehydes is 1. The van der Waals surface area contributed by atoms with Crippen LogP contribution in [0, 0.1) is 5.92 Å². The maximum Gasteiger partial charge on any atom is 0.330 e. The number of hydrogen-bond acceptors (Lipinski definition) is 8. The molecule has 2 aliphatic rings. The number of rotatable bonds is 15. The molecule has 0 aromatic rings. The van der Waals surface area contributed by atoms with Crippen molar-refractivity contribution in [1.82, 2.24) is 0 Å². The normalized spacial score (nSPS) is 20.7. The molecular weight excluding hydrogens is 460 g/mol. The summed E-state index contributed by atoms with van der Waals surface area (Å²) in [4.78, 5) is 21.0. The number of carbonyl (C=O) groups excluding carboxylic acids is 2. The Labute approximate surface area is 215 Å². The molecule has 36 heavy (non-hydrogen) atoms. The van der Waals surface area contributed by atoms with E-state index in [2.05, 4.69) is 12.7 Å². The van der Waals surface area contributed by atoms with Gasteiger partial charge in [0.25, 0.3) is 0 Å². The van der Waals surface area contributed by atoms with Gasteiger partial charge in [0.05, 0.1) is 25.4 Å². The molecule has 0 radical (unpaired) electrons. The van der Waals surface area contributed by atoms with E-state index >= 15 is 0 Å². The minimum Gasteiger partial charge on any atom is -0.494 e. The molecular formula is C28H42N2O6. The van der Waals surface area contributed by atoms with E-state index in [1.807, 2.05) is 36.5 Å². The van der Waals surface area contributed by atoms with E-state index in [1.54, 1.807) is 14.0 Å². The fourth-order valence-electron chi connectivity index (χ4n) is 3.18. The van der Waals surface area contributed by atoms with Crippen molar-refractivity contribution in [2.75, 3.05) is 33.5 Å². The predicted molar refractivity (Wildman–Crippen MR) is 142 cm³/mol. The molecule has 8 heteroatoms. The van der Waals surface area contributed by atoms with Crippen molar-refractivity contribution in [1.29, 1.82) is 0 Å². The molecule has 0 saturated carbocycles. The number of nitrogens with two attached hydrogens (primary N) is 2. The summed E-state index contributed by atoms with van der Waals surface area (Å²) in [5.74, 6) is 0.726. The minimum atomic E-state index is -0.346. The van der Waals surface area contributed by atoms with Crippen LogP contribution in [0.25, 0.3) is 0 Å². The van der Waals surface area contributed by atoms with Crippen molar-refractivity contribution in [2.24, 2.45) is 17.4 Å². The van der Waals surface area contributed by atoms with Crippen LogP contribution in [0.15, 0.2) is 72.2 Å². The highest BCUT2D eigenvalue weighted by molar-refractivity contribution is 5.82. The lowest BCUT2D eigenvalue weighted by molar-refractivity contribution is -0.139. The van der Waals surface area contributed by atoms with Crippen molar-refractivity contribution in [3.05, 3.63) is 72.2 Å². The summed E-state index contributed by atoms with van der Waals surface area (Å²) in [5, 5.41) is 0. The molecule has 3 atom stereocenters. The van der Waals surface area contributed by atoms with Crippen molar-refractivity contribution < 1.29 is 28.5 Å². The van der Waals surface area contributed by atoms with Gasteiger partial charge in [0.2, 0.25) is 0 Å². The first-order valence-electron chi connectivity index (χ1n) is 12.3. The van der Waals surface area contributed by atoms with Gasteiger partial charge in [-0.3, -0.25) is 4.79 Å². The van der Waals surface area contributed by atoms with Gasteiger partial charge in [-0.05, 0) is 68.4 Å². The third-order valence-electron chi connectivity index (χ3n) is 5.17. The van der Waals surface area contributed by atoms with Gasteiger partial charge >= 0.3 is 5.97 Å². The molecule has 0 saturated heterocycles. The van der Waals surface area contributed by atoms with E-state index in [-0.39, 0.29) is 30.6 Å². The number of methoxy groups -OCH3 is 1. The number of ether oxygens (including phenoxy) is 4. The van der Waals surface area contributed by atoms with Gasteiger partial charge in [0.15, 0.2) is 0 Å². The highest BCUT2D eigenvalue weighted by Crippen LogP contribution is 2.19. The zero-order chi connectivity index (χ0) is 26.6. The minimum absolute atomic E-state index is 0.0827. The van der Waals surface area contributed by atoms with Gasteiger partial charge in [-0.2, -0.15) is 0 Å². The van der Waals surface area contributed by atoms with Crippen LogP contribution < -0.4 is 11.5 Å². The standard InChI is InChI=1S/C24H36N2O5.C4H6O/c1-28-16-17-31-24(27)13-8-19-6-10-21(11-7-19)29-14-4-2-3-5-15-30-23-12-9-20(25)18-22(23)26;1-4(2)3-5/h6,8-13,18-19,22-23H,2-5,7,14-17,25-26H2,1H3;3H,1H2,2H3/b13-8+;. The largest absolute Gasteiger partial charge is 0.494 e. The summed E-state index contributed by atoms with van der Waals surface area (Å²) in [6.45, 7) is 7.03. The average Bonchev–Trinajstić information content (AvgIpc) is 2.86. The second-order valence-corrected chi connectivity index (χ2v) is 8.55. The molecule has 4 N–H and O–H groups in total. The SMILES string of the molecule is C=C(C)C=O.COCCOC(=O)/C=C/C1C=CC(OCCCCCCOC2C=CC(N)=CC2N)=CC1. The summed E-state index contributed by atoms with van der Waals surface area (Å²) in [6.07, 6.45) is 20.6. The van der Waals surface area contributed by atoms with E-state index < -0.39 is 0 Å². The lowest BCUT2D eigenvalue weighted by Crippen LogP contribution is -2.36. The van der Waals surface area contributed by atoms with E-state index in [0.29, 0.717) is 31.1 Å². The molecule has 3 unspecified atom stereocenters. The maximum absolute atomic E-state index is 11.5. The van der Waals surface area contributed by atoms with Crippen LogP contribution in [0.3, 0.4) is 0 Å². The lowest BCUT2D eigenvalue weighted by atomic mass is 9.99. The number of hydrogen-bond donors (Lipinski definition) is 2. The van der Waals surface area contributed by atoms with Crippen molar-refractivity contribution in [3.63, 3.8) is 0 Å². The Hall–Kier alpha value is -2.94. The first-order valence-corrected chi connectivity index (χ1v) is 12.3. The topological polar surface area (TPSA) is 123 Å². The Balaban J connectivity index is 0.00000118. The molecule has 0 spiro atoms. The summed E-state index contributed by atoms with van der Waals surface area (Å²) in [7, 11) is 1.57. The van der Waals surface area contributed by atoms with E-state index in [9.17, 15) is 9.59 Å². The monoisotopic (exact) mass is 502 g/mol. The summed E-state index contributed by atoms with van der Waals surface area (Å²) in [5.41, 5.74) is 13.0. The highest BCUT2D eigenvalue weighted by atomic mass is 16.6. The van der Waals surface area contributed by atoms with Gasteiger partial charge in [-0.25, -0.2) is 4.79 Å². The third-order valence-corrected chi connectivity index (χ3v) is 5.17. The third kappa shape index (κ3) is 15.1. The number of carbonyl (C=O) groups is 2. The van der Waals surface area contributed by atoms with Crippen molar-refractivity contribution in [3.8, 4) is 0 Å². The second kappa shape index (κ2) is 19.3. The van der Waals surface area contributed by atoms with Gasteiger partial charge in [0.1, 0.15) is 18.7 Å². The van der Waals surface area contributed by atoms with Crippen LogP contribution in [-0.4, -0.2) is 57.9 Å². The molecule has 0 amide bonds. The quantitative estimate of drug-likeness (QED) is 0.151. The molecule has 0 aromatic carbocycles. The second-order valence-electron chi connectivity index (χ2n) is 8.55. The molecule has 2 aliphatic carbocycles. The van der Waals surface area contributed by atoms with Gasteiger partial charge in [-0.1, -0.05) is 31.2 Å². The summed E-state index contributed by atoms with van der Waals surface area (Å²) >= 11 is 0. The molecule has 0 fully saturated rings. The number of allylic oxidation sites excluding steroid dienone is 6. The average molecular weight is 503 g/mol. The fraction of sp³-hybridized carbons (Fsp3) is 0.500. The van der Waals surface area contributed by atoms with Gasteiger partial charge in [0, 0.05) is 25.5 Å². The smallest absolute Gasteiger partial charge is 0.330 e. The van der Waals surface area contributed by atoms with Crippen LogP contribution >= 0.6 is 0 Å². The molecule has 200 valence electrons. The zero-order valence-corrected chi connectivity index (χ0v) is 21.6. The molecule has 0 heterocycles. The van der Waals surface area contributed by atoms with E-state index in [4.69, 9.17) is 30.4 Å². The van der Waals surface area contributed by atoms with E-state index in [1.165, 1.54) is 6.08 Å². The Bertz CT molecular complexity index is 828. The predicted octanol–water partition coefficient (Wildman–Crippen LogP) is 3.66. The van der Waals surface area contributed by atoms with Crippen LogP contribution in [0.5, 0.6) is 0 Å². The van der Waals surface area contributed by atoms with Crippen LogP contribution in [-0.2, 0) is 28.5 Å². The summed E-state index contributed by atoms with van der Waals surface area (Å²) < 4.78 is 21.5. The number of unbranched alkanes of at least 4 members (excludes halogenated alkanes) is 3. The van der Waals surface area contributed by atoms with E-state index in [0.717, 1.165) is 44.1 Å². The van der Waals surface area contributed by atoms with Crippen LogP contribution in [0.4, 0.5) is 0 Å².